The second-order valence-electron chi connectivity index (χ2n) is 6.16. The normalized spacial score (nSPS) is 24.9. The van der Waals surface area contributed by atoms with E-state index in [2.05, 4.69) is 16.7 Å². The van der Waals surface area contributed by atoms with E-state index in [1.54, 1.807) is 17.0 Å². The minimum atomic E-state index is -0.288. The van der Waals surface area contributed by atoms with Crippen LogP contribution in [-0.4, -0.2) is 42.0 Å². The van der Waals surface area contributed by atoms with Gasteiger partial charge in [-0.3, -0.25) is 4.79 Å². The van der Waals surface area contributed by atoms with Crippen LogP contribution in [0.1, 0.15) is 24.8 Å². The molecular weight excluding hydrogens is 361 g/mol. The van der Waals surface area contributed by atoms with Crippen LogP contribution in [0.5, 0.6) is 0 Å². The average Bonchev–Trinajstić information content (AvgIpc) is 3.23. The molecule has 2 fully saturated rings. The van der Waals surface area contributed by atoms with Gasteiger partial charge in [0.05, 0.1) is 22.7 Å². The number of hydrogen-bond acceptors (Lipinski definition) is 5. The molecule has 0 spiro atoms. The van der Waals surface area contributed by atoms with Crippen molar-refractivity contribution < 1.29 is 4.79 Å². The number of anilines is 1. The van der Waals surface area contributed by atoms with Crippen molar-refractivity contribution in [2.24, 2.45) is 0 Å². The Bertz CT molecular complexity index is 727. The molecule has 2 N–H and O–H groups in total. The SMILES string of the molecule is Cl.N#Cc1ccc(N[C@@H]2CN[C@H](C(=O)N3CCC[C@H]3C#N)C2)cc1Cl. The number of carbonyl (C=O) groups excluding carboxylic acids is 1. The summed E-state index contributed by atoms with van der Waals surface area (Å²) in [7, 11) is 0. The van der Waals surface area contributed by atoms with Gasteiger partial charge in [-0.05, 0) is 37.5 Å². The standard InChI is InChI=1S/C17H18ClN5O.ClH/c18-15-6-12(4-3-11(15)8-19)22-13-7-16(21-10-13)17(24)23-5-1-2-14(23)9-20;/h3-4,6,13-14,16,21-22H,1-2,5,7,10H2;1H/t13-,14-,16-;/m0./s1. The van der Waals surface area contributed by atoms with Crippen molar-refractivity contribution in [3.8, 4) is 12.1 Å². The lowest BCUT2D eigenvalue weighted by atomic mass is 10.1. The molecule has 1 aromatic rings. The highest BCUT2D eigenvalue weighted by Gasteiger charge is 2.36. The molecule has 25 heavy (non-hydrogen) atoms. The Hall–Kier alpha value is -1.99. The molecule has 2 heterocycles. The van der Waals surface area contributed by atoms with Gasteiger partial charge in [0.1, 0.15) is 12.1 Å². The smallest absolute Gasteiger partial charge is 0.240 e. The fourth-order valence-corrected chi connectivity index (χ4v) is 3.55. The molecule has 0 aliphatic carbocycles. The number of hydrogen-bond donors (Lipinski definition) is 2. The fraction of sp³-hybridized carbons (Fsp3) is 0.471. The van der Waals surface area contributed by atoms with Crippen molar-refractivity contribution in [2.75, 3.05) is 18.4 Å². The van der Waals surface area contributed by atoms with E-state index in [0.29, 0.717) is 30.1 Å². The van der Waals surface area contributed by atoms with Gasteiger partial charge in [0.15, 0.2) is 0 Å². The van der Waals surface area contributed by atoms with Gasteiger partial charge in [-0.25, -0.2) is 0 Å². The van der Waals surface area contributed by atoms with Crippen LogP contribution in [0.3, 0.4) is 0 Å². The summed E-state index contributed by atoms with van der Waals surface area (Å²) >= 11 is 6.04. The molecule has 1 aromatic carbocycles. The Kier molecular flexibility index (Phi) is 6.50. The maximum atomic E-state index is 12.6. The molecule has 1 amide bonds. The third-order valence-corrected chi connectivity index (χ3v) is 4.89. The molecule has 2 saturated heterocycles. The lowest BCUT2D eigenvalue weighted by molar-refractivity contribution is -0.133. The molecular formula is C17H19Cl2N5O. The lowest BCUT2D eigenvalue weighted by Gasteiger charge is -2.23. The van der Waals surface area contributed by atoms with E-state index < -0.39 is 0 Å². The first-order chi connectivity index (χ1) is 11.6. The molecule has 0 unspecified atom stereocenters. The summed E-state index contributed by atoms with van der Waals surface area (Å²) in [5.41, 5.74) is 1.27. The molecule has 6 nitrogen and oxygen atoms in total. The van der Waals surface area contributed by atoms with E-state index in [9.17, 15) is 4.79 Å². The number of benzene rings is 1. The maximum absolute atomic E-state index is 12.6. The van der Waals surface area contributed by atoms with Crippen LogP contribution in [0.15, 0.2) is 18.2 Å². The first kappa shape index (κ1) is 19.3. The predicted octanol–water partition coefficient (Wildman–Crippen LogP) is 2.29. The molecule has 2 aliphatic rings. The molecule has 0 radical (unpaired) electrons. The predicted molar refractivity (Wildman–Crippen MR) is 97.6 cm³/mol. The minimum absolute atomic E-state index is 0. The average molecular weight is 380 g/mol. The summed E-state index contributed by atoms with van der Waals surface area (Å²) < 4.78 is 0. The summed E-state index contributed by atoms with van der Waals surface area (Å²) in [4.78, 5) is 14.3. The van der Waals surface area contributed by atoms with Crippen molar-refractivity contribution in [2.45, 2.75) is 37.4 Å². The van der Waals surface area contributed by atoms with E-state index in [1.165, 1.54) is 0 Å². The Morgan fingerprint density at radius 2 is 2.20 bits per heavy atom. The second kappa shape index (κ2) is 8.40. The number of carbonyl (C=O) groups is 1. The monoisotopic (exact) mass is 379 g/mol. The van der Waals surface area contributed by atoms with Crippen molar-refractivity contribution in [3.63, 3.8) is 0 Å². The highest BCUT2D eigenvalue weighted by Crippen LogP contribution is 2.24. The van der Waals surface area contributed by atoms with Crippen LogP contribution < -0.4 is 10.6 Å². The molecule has 8 heteroatoms. The third-order valence-electron chi connectivity index (χ3n) is 4.57. The van der Waals surface area contributed by atoms with E-state index in [1.807, 2.05) is 12.1 Å². The van der Waals surface area contributed by atoms with Crippen LogP contribution in [0.2, 0.25) is 5.02 Å². The van der Waals surface area contributed by atoms with Crippen LogP contribution in [0.25, 0.3) is 0 Å². The third kappa shape index (κ3) is 4.16. The maximum Gasteiger partial charge on any atom is 0.240 e. The number of likely N-dealkylation sites (tertiary alicyclic amines) is 1. The van der Waals surface area contributed by atoms with E-state index >= 15 is 0 Å². The number of rotatable bonds is 3. The van der Waals surface area contributed by atoms with Crippen LogP contribution in [0, 0.1) is 22.7 Å². The van der Waals surface area contributed by atoms with Gasteiger partial charge < -0.3 is 15.5 Å². The Balaban J connectivity index is 0.00000225. The quantitative estimate of drug-likeness (QED) is 0.840. The first-order valence-electron chi connectivity index (χ1n) is 8.02. The van der Waals surface area contributed by atoms with Gasteiger partial charge in [-0.1, -0.05) is 11.6 Å². The van der Waals surface area contributed by atoms with Gasteiger partial charge >= 0.3 is 0 Å². The molecule has 0 saturated carbocycles. The summed E-state index contributed by atoms with van der Waals surface area (Å²) in [6.45, 7) is 1.33. The largest absolute Gasteiger partial charge is 0.381 e. The van der Waals surface area contributed by atoms with Crippen LogP contribution in [-0.2, 0) is 4.79 Å². The second-order valence-corrected chi connectivity index (χ2v) is 6.57. The summed E-state index contributed by atoms with van der Waals surface area (Å²) in [5, 5.41) is 25.0. The molecule has 132 valence electrons. The minimum Gasteiger partial charge on any atom is -0.381 e. The van der Waals surface area contributed by atoms with E-state index in [0.717, 1.165) is 18.5 Å². The summed E-state index contributed by atoms with van der Waals surface area (Å²) in [6.07, 6.45) is 2.31. The zero-order chi connectivity index (χ0) is 17.1. The van der Waals surface area contributed by atoms with Gasteiger partial charge in [-0.15, -0.1) is 12.4 Å². The number of halogens is 2. The van der Waals surface area contributed by atoms with Crippen LogP contribution >= 0.6 is 24.0 Å². The molecule has 0 bridgehead atoms. The van der Waals surface area contributed by atoms with Gasteiger partial charge in [0.2, 0.25) is 5.91 Å². The van der Waals surface area contributed by atoms with E-state index in [-0.39, 0.29) is 36.4 Å². The molecule has 3 rings (SSSR count). The van der Waals surface area contributed by atoms with E-state index in [4.69, 9.17) is 22.1 Å². The number of amides is 1. The van der Waals surface area contributed by atoms with Crippen LogP contribution in [0.4, 0.5) is 5.69 Å². The number of nitrogens with zero attached hydrogens (tertiary/aromatic N) is 3. The zero-order valence-electron chi connectivity index (χ0n) is 13.5. The fourth-order valence-electron chi connectivity index (χ4n) is 3.33. The Morgan fingerprint density at radius 3 is 2.88 bits per heavy atom. The van der Waals surface area contributed by atoms with Crippen molar-refractivity contribution in [1.29, 1.82) is 10.5 Å². The van der Waals surface area contributed by atoms with Crippen molar-refractivity contribution in [3.05, 3.63) is 28.8 Å². The Labute approximate surface area is 158 Å². The number of nitriles is 2. The van der Waals surface area contributed by atoms with Gasteiger partial charge in [-0.2, -0.15) is 10.5 Å². The highest BCUT2D eigenvalue weighted by atomic mass is 35.5. The molecule has 3 atom stereocenters. The summed E-state index contributed by atoms with van der Waals surface area (Å²) in [6, 6.07) is 9.01. The summed E-state index contributed by atoms with van der Waals surface area (Å²) in [5.74, 6) is 0.0150. The molecule has 2 aliphatic heterocycles. The highest BCUT2D eigenvalue weighted by molar-refractivity contribution is 6.32. The van der Waals surface area contributed by atoms with Crippen molar-refractivity contribution >= 4 is 35.6 Å². The molecule has 0 aromatic heterocycles. The van der Waals surface area contributed by atoms with Crippen molar-refractivity contribution in [1.82, 2.24) is 10.2 Å². The van der Waals surface area contributed by atoms with Gasteiger partial charge in [0.25, 0.3) is 0 Å². The first-order valence-corrected chi connectivity index (χ1v) is 8.40. The zero-order valence-corrected chi connectivity index (χ0v) is 15.1. The number of nitrogens with one attached hydrogen (secondary N) is 2. The van der Waals surface area contributed by atoms with Gasteiger partial charge in [0, 0.05) is 24.8 Å². The lowest BCUT2D eigenvalue weighted by Crippen LogP contribution is -2.45. The topological polar surface area (TPSA) is 91.9 Å². The Morgan fingerprint density at radius 1 is 1.40 bits per heavy atom.